The van der Waals surface area contributed by atoms with Crippen LogP contribution in [0.5, 0.6) is 11.5 Å². The number of aromatic hydroxyl groups is 1. The molecule has 6 nitrogen and oxygen atoms in total. The van der Waals surface area contributed by atoms with Gasteiger partial charge < -0.3 is 15.6 Å². The van der Waals surface area contributed by atoms with Crippen LogP contribution in [-0.2, 0) is 10.3 Å². The molecule has 2 aromatic rings. The summed E-state index contributed by atoms with van der Waals surface area (Å²) in [4.78, 5) is 18.8. The molecule has 1 amide bonds. The van der Waals surface area contributed by atoms with E-state index in [4.69, 9.17) is 5.73 Å². The van der Waals surface area contributed by atoms with Crippen molar-refractivity contribution in [3.63, 3.8) is 0 Å². The molecule has 1 aliphatic rings. The SMILES string of the molecule is CN1C(=O)[C@@H](c2ccc(OC(F)F)cc2)[C@@](C)(c2cccc(O)c2)N=C1N. The number of amides is 1. The number of hydrogen-bond donors (Lipinski definition) is 2. The number of likely N-dealkylation sites (N-methyl/N-ethyl adjacent to an activating group) is 1. The molecule has 0 saturated heterocycles. The Morgan fingerprint density at radius 1 is 1.26 bits per heavy atom. The predicted octanol–water partition coefficient (Wildman–Crippen LogP) is 2.78. The van der Waals surface area contributed by atoms with Crippen molar-refractivity contribution in [2.45, 2.75) is 25.0 Å². The van der Waals surface area contributed by atoms with Crippen molar-refractivity contribution in [2.24, 2.45) is 10.7 Å². The van der Waals surface area contributed by atoms with Crippen LogP contribution >= 0.6 is 0 Å². The van der Waals surface area contributed by atoms with E-state index in [0.717, 1.165) is 0 Å². The minimum atomic E-state index is -2.93. The number of ether oxygens (including phenoxy) is 1. The van der Waals surface area contributed by atoms with E-state index in [1.165, 1.54) is 36.2 Å². The highest BCUT2D eigenvalue weighted by Gasteiger charge is 2.47. The fourth-order valence-corrected chi connectivity index (χ4v) is 3.29. The van der Waals surface area contributed by atoms with Gasteiger partial charge in [-0.05, 0) is 42.3 Å². The molecule has 0 aliphatic carbocycles. The maximum absolute atomic E-state index is 13.0. The van der Waals surface area contributed by atoms with Crippen molar-refractivity contribution in [1.82, 2.24) is 4.90 Å². The Morgan fingerprint density at radius 2 is 1.93 bits per heavy atom. The molecular weight excluding hydrogens is 356 g/mol. The van der Waals surface area contributed by atoms with Crippen molar-refractivity contribution in [2.75, 3.05) is 7.05 Å². The van der Waals surface area contributed by atoms with Crippen LogP contribution < -0.4 is 10.5 Å². The lowest BCUT2D eigenvalue weighted by Gasteiger charge is -2.41. The number of alkyl halides is 2. The van der Waals surface area contributed by atoms with Gasteiger partial charge in [0.05, 0.1) is 5.92 Å². The van der Waals surface area contributed by atoms with Gasteiger partial charge in [-0.15, -0.1) is 0 Å². The summed E-state index contributed by atoms with van der Waals surface area (Å²) < 4.78 is 29.1. The van der Waals surface area contributed by atoms with Crippen LogP contribution in [-0.4, -0.2) is 35.5 Å². The molecule has 0 spiro atoms. The van der Waals surface area contributed by atoms with Gasteiger partial charge >= 0.3 is 6.61 Å². The third kappa shape index (κ3) is 3.42. The van der Waals surface area contributed by atoms with Crippen molar-refractivity contribution in [1.29, 1.82) is 0 Å². The minimum Gasteiger partial charge on any atom is -0.508 e. The summed E-state index contributed by atoms with van der Waals surface area (Å²) in [6.07, 6.45) is 0. The molecule has 1 heterocycles. The summed E-state index contributed by atoms with van der Waals surface area (Å²) in [6, 6.07) is 12.3. The highest BCUT2D eigenvalue weighted by atomic mass is 19.3. The van der Waals surface area contributed by atoms with Crippen molar-refractivity contribution in [3.8, 4) is 11.5 Å². The van der Waals surface area contributed by atoms with E-state index in [2.05, 4.69) is 9.73 Å². The van der Waals surface area contributed by atoms with Crippen molar-refractivity contribution >= 4 is 11.9 Å². The Kier molecular flexibility index (Phi) is 4.73. The Labute approximate surface area is 154 Å². The van der Waals surface area contributed by atoms with Crippen molar-refractivity contribution in [3.05, 3.63) is 59.7 Å². The minimum absolute atomic E-state index is 0.00700. The van der Waals surface area contributed by atoms with Gasteiger partial charge in [0.15, 0.2) is 5.96 Å². The number of carbonyl (C=O) groups is 1. The standard InChI is InChI=1S/C19H19F2N3O3/c1-19(12-4-3-5-13(25)10-12)15(16(26)24(2)18(22)23-19)11-6-8-14(9-7-11)27-17(20)21/h3-10,15,17,25H,1-2H3,(H2,22,23)/t15-,19-/m1/s1. The average Bonchev–Trinajstić information content (AvgIpc) is 2.61. The first-order valence-corrected chi connectivity index (χ1v) is 8.19. The Bertz CT molecular complexity index is 886. The monoisotopic (exact) mass is 375 g/mol. The van der Waals surface area contributed by atoms with E-state index in [1.54, 1.807) is 31.2 Å². The van der Waals surface area contributed by atoms with E-state index < -0.39 is 18.1 Å². The second-order valence-electron chi connectivity index (χ2n) is 6.45. The summed E-state index contributed by atoms with van der Waals surface area (Å²) in [5.74, 6) is -0.978. The van der Waals surface area contributed by atoms with E-state index in [1.807, 2.05) is 0 Å². The molecule has 0 aromatic heterocycles. The van der Waals surface area contributed by atoms with Gasteiger partial charge in [-0.2, -0.15) is 8.78 Å². The fourth-order valence-electron chi connectivity index (χ4n) is 3.29. The zero-order valence-electron chi connectivity index (χ0n) is 14.8. The second kappa shape index (κ2) is 6.86. The second-order valence-corrected chi connectivity index (χ2v) is 6.45. The number of hydrogen-bond acceptors (Lipinski definition) is 5. The summed E-state index contributed by atoms with van der Waals surface area (Å²) in [5.41, 5.74) is 6.01. The molecule has 2 atom stereocenters. The molecular formula is C19H19F2N3O3. The van der Waals surface area contributed by atoms with Crippen molar-refractivity contribution < 1.29 is 23.4 Å². The number of phenolic OH excluding ortho intramolecular Hbond substituents is 1. The largest absolute Gasteiger partial charge is 0.508 e. The van der Waals surface area contributed by atoms with Crippen LogP contribution in [0.3, 0.4) is 0 Å². The molecule has 27 heavy (non-hydrogen) atoms. The van der Waals surface area contributed by atoms with Gasteiger partial charge in [-0.3, -0.25) is 9.69 Å². The third-order valence-corrected chi connectivity index (χ3v) is 4.70. The molecule has 0 radical (unpaired) electrons. The van der Waals surface area contributed by atoms with E-state index in [9.17, 15) is 18.7 Å². The van der Waals surface area contributed by atoms with Gasteiger partial charge in [0.1, 0.15) is 17.0 Å². The maximum Gasteiger partial charge on any atom is 0.387 e. The van der Waals surface area contributed by atoms with Gasteiger partial charge in [0, 0.05) is 7.05 Å². The third-order valence-electron chi connectivity index (χ3n) is 4.70. The summed E-state index contributed by atoms with van der Waals surface area (Å²) in [6.45, 7) is -1.19. The average molecular weight is 375 g/mol. The van der Waals surface area contributed by atoms with E-state index in [0.29, 0.717) is 11.1 Å². The van der Waals surface area contributed by atoms with Crippen LogP contribution in [0, 0.1) is 0 Å². The smallest absolute Gasteiger partial charge is 0.387 e. The van der Waals surface area contributed by atoms with E-state index >= 15 is 0 Å². The normalized spacial score (nSPS) is 22.7. The molecule has 8 heteroatoms. The van der Waals surface area contributed by atoms with Crippen LogP contribution in [0.25, 0.3) is 0 Å². The highest BCUT2D eigenvalue weighted by Crippen LogP contribution is 2.44. The molecule has 3 N–H and O–H groups in total. The van der Waals surface area contributed by atoms with Gasteiger partial charge in [-0.25, -0.2) is 4.99 Å². The van der Waals surface area contributed by atoms with Gasteiger partial charge in [0.2, 0.25) is 5.91 Å². The quantitative estimate of drug-likeness (QED) is 0.860. The fraction of sp³-hybridized carbons (Fsp3) is 0.263. The molecule has 0 saturated carbocycles. The molecule has 142 valence electrons. The highest BCUT2D eigenvalue weighted by molar-refractivity contribution is 6.02. The number of carbonyl (C=O) groups excluding carboxylic acids is 1. The lowest BCUT2D eigenvalue weighted by atomic mass is 9.74. The Hall–Kier alpha value is -3.16. The van der Waals surface area contributed by atoms with Gasteiger partial charge in [0.25, 0.3) is 0 Å². The Balaban J connectivity index is 2.10. The van der Waals surface area contributed by atoms with Crippen LogP contribution in [0.1, 0.15) is 24.0 Å². The number of rotatable bonds is 4. The predicted molar refractivity (Wildman–Crippen MR) is 95.7 cm³/mol. The summed E-state index contributed by atoms with van der Waals surface area (Å²) in [5, 5.41) is 9.86. The Morgan fingerprint density at radius 3 is 2.52 bits per heavy atom. The first-order chi connectivity index (χ1) is 12.7. The van der Waals surface area contributed by atoms with Gasteiger partial charge in [-0.1, -0.05) is 24.3 Å². The summed E-state index contributed by atoms with van der Waals surface area (Å²) in [7, 11) is 1.52. The number of nitrogens with two attached hydrogens (primary N) is 1. The van der Waals surface area contributed by atoms with E-state index in [-0.39, 0.29) is 23.4 Å². The first-order valence-electron chi connectivity index (χ1n) is 8.19. The zero-order chi connectivity index (χ0) is 19.8. The maximum atomic E-state index is 13.0. The summed E-state index contributed by atoms with van der Waals surface area (Å²) >= 11 is 0. The number of nitrogens with zero attached hydrogens (tertiary/aromatic N) is 2. The molecule has 0 unspecified atom stereocenters. The molecule has 3 rings (SSSR count). The molecule has 1 aliphatic heterocycles. The lowest BCUT2D eigenvalue weighted by Crippen LogP contribution is -2.52. The van der Waals surface area contributed by atoms with Crippen LogP contribution in [0.2, 0.25) is 0 Å². The lowest BCUT2D eigenvalue weighted by molar-refractivity contribution is -0.130. The first kappa shape index (κ1) is 18.6. The van der Waals surface area contributed by atoms with Crippen LogP contribution in [0.4, 0.5) is 8.78 Å². The number of aliphatic imine (C=N–C) groups is 1. The topological polar surface area (TPSA) is 88.2 Å². The number of guanidine groups is 1. The molecule has 0 bridgehead atoms. The number of halogens is 2. The van der Waals surface area contributed by atoms with Crippen LogP contribution in [0.15, 0.2) is 53.5 Å². The molecule has 2 aromatic carbocycles. The molecule has 0 fully saturated rings. The number of benzene rings is 2. The number of phenols is 1. The zero-order valence-corrected chi connectivity index (χ0v) is 14.8.